The van der Waals surface area contributed by atoms with Gasteiger partial charge >= 0.3 is 0 Å². The number of hydrogen-bond acceptors (Lipinski definition) is 3. The van der Waals surface area contributed by atoms with E-state index < -0.39 is 5.91 Å². The third-order valence-electron chi connectivity index (χ3n) is 2.82. The number of carbonyl (C=O) groups excluding carboxylic acids is 2. The smallest absolute Gasteiger partial charge is 0.288 e. The molecule has 1 fully saturated rings. The number of nitrogens with two attached hydrogens (primary N) is 1. The van der Waals surface area contributed by atoms with Crippen LogP contribution in [0.5, 0.6) is 0 Å². The van der Waals surface area contributed by atoms with Crippen molar-refractivity contribution in [3.05, 3.63) is 30.1 Å². The van der Waals surface area contributed by atoms with Gasteiger partial charge in [-0.3, -0.25) is 9.59 Å². The summed E-state index contributed by atoms with van der Waals surface area (Å²) in [6.07, 6.45) is 3.32. The van der Waals surface area contributed by atoms with Gasteiger partial charge in [0, 0.05) is 19.2 Å². The lowest BCUT2D eigenvalue weighted by Crippen LogP contribution is -2.48. The van der Waals surface area contributed by atoms with Gasteiger partial charge in [0.1, 0.15) is 5.56 Å². The summed E-state index contributed by atoms with van der Waals surface area (Å²) in [4.78, 5) is 24.8. The molecule has 2 rings (SSSR count). The third-order valence-corrected chi connectivity index (χ3v) is 2.82. The Hall–Kier alpha value is -1.95. The number of ether oxygens (including phenoxy) is 1. The highest BCUT2D eigenvalue weighted by Gasteiger charge is 2.20. The number of hydrogen-bond donors (Lipinski definition) is 1. The molecule has 0 atom stereocenters. The van der Waals surface area contributed by atoms with Gasteiger partial charge in [0.05, 0.1) is 13.2 Å². The number of morpholine rings is 1. The first-order valence-electron chi connectivity index (χ1n) is 5.81. The summed E-state index contributed by atoms with van der Waals surface area (Å²) in [7, 11) is 0. The molecule has 1 aromatic rings. The fraction of sp³-hybridized carbons (Fsp3) is 0.417. The van der Waals surface area contributed by atoms with Crippen LogP contribution in [-0.2, 0) is 16.1 Å². The van der Waals surface area contributed by atoms with Crippen LogP contribution in [0.2, 0.25) is 0 Å². The predicted molar refractivity (Wildman–Crippen MR) is 62.6 cm³/mol. The minimum absolute atomic E-state index is 0.0184. The fourth-order valence-corrected chi connectivity index (χ4v) is 1.84. The van der Waals surface area contributed by atoms with Gasteiger partial charge in [0.25, 0.3) is 11.8 Å². The van der Waals surface area contributed by atoms with Crippen LogP contribution < -0.4 is 10.3 Å². The van der Waals surface area contributed by atoms with Crippen molar-refractivity contribution in [3.63, 3.8) is 0 Å². The second-order valence-corrected chi connectivity index (χ2v) is 4.12. The maximum absolute atomic E-state index is 12.0. The molecular formula is C12H16N3O3+. The minimum Gasteiger partial charge on any atom is -0.378 e. The van der Waals surface area contributed by atoms with Gasteiger partial charge in [-0.25, -0.2) is 0 Å². The summed E-state index contributed by atoms with van der Waals surface area (Å²) >= 11 is 0. The van der Waals surface area contributed by atoms with Crippen molar-refractivity contribution in [3.8, 4) is 0 Å². The Morgan fingerprint density at radius 3 is 2.78 bits per heavy atom. The average Bonchev–Trinajstić information content (AvgIpc) is 2.40. The Bertz CT molecular complexity index is 456. The van der Waals surface area contributed by atoms with Gasteiger partial charge < -0.3 is 15.4 Å². The number of aromatic nitrogens is 1. The van der Waals surface area contributed by atoms with Gasteiger partial charge in [-0.2, -0.15) is 4.57 Å². The van der Waals surface area contributed by atoms with Crippen molar-refractivity contribution in [1.82, 2.24) is 4.90 Å². The van der Waals surface area contributed by atoms with E-state index in [1.807, 2.05) is 0 Å². The zero-order valence-electron chi connectivity index (χ0n) is 10.0. The Morgan fingerprint density at radius 2 is 2.11 bits per heavy atom. The molecule has 0 saturated carbocycles. The largest absolute Gasteiger partial charge is 0.378 e. The summed E-state index contributed by atoms with van der Waals surface area (Å²) in [5.74, 6) is -0.479. The number of amides is 2. The molecule has 0 unspecified atom stereocenters. The Labute approximate surface area is 105 Å². The van der Waals surface area contributed by atoms with Crippen LogP contribution in [0.15, 0.2) is 24.5 Å². The maximum atomic E-state index is 12.0. The molecule has 6 nitrogen and oxygen atoms in total. The molecule has 18 heavy (non-hydrogen) atoms. The summed E-state index contributed by atoms with van der Waals surface area (Å²) in [6, 6.07) is 3.32. The van der Waals surface area contributed by atoms with E-state index in [0.29, 0.717) is 31.9 Å². The quantitative estimate of drug-likeness (QED) is 0.694. The molecule has 1 saturated heterocycles. The molecule has 0 aliphatic carbocycles. The number of rotatable bonds is 3. The first-order valence-corrected chi connectivity index (χ1v) is 5.81. The second-order valence-electron chi connectivity index (χ2n) is 4.12. The number of carbonyl (C=O) groups is 2. The average molecular weight is 250 g/mol. The van der Waals surface area contributed by atoms with Crippen LogP contribution >= 0.6 is 0 Å². The molecule has 6 heteroatoms. The summed E-state index contributed by atoms with van der Waals surface area (Å²) in [5, 5.41) is 0. The second kappa shape index (κ2) is 5.59. The minimum atomic E-state index is -0.497. The Balaban J connectivity index is 2.02. The van der Waals surface area contributed by atoms with Crippen molar-refractivity contribution in [1.29, 1.82) is 0 Å². The summed E-state index contributed by atoms with van der Waals surface area (Å²) in [5.41, 5.74) is 5.59. The fourth-order valence-electron chi connectivity index (χ4n) is 1.84. The molecule has 1 aromatic heterocycles. The van der Waals surface area contributed by atoms with Gasteiger partial charge in [-0.1, -0.05) is 0 Å². The highest BCUT2D eigenvalue weighted by atomic mass is 16.5. The Morgan fingerprint density at radius 1 is 1.39 bits per heavy atom. The highest BCUT2D eigenvalue weighted by molar-refractivity contribution is 5.92. The lowest BCUT2D eigenvalue weighted by Gasteiger charge is -2.25. The molecule has 2 amide bonds. The van der Waals surface area contributed by atoms with Crippen LogP contribution in [0, 0.1) is 0 Å². The van der Waals surface area contributed by atoms with E-state index in [1.165, 1.54) is 0 Å². The lowest BCUT2D eigenvalue weighted by molar-refractivity contribution is -0.685. The van der Waals surface area contributed by atoms with Crippen LogP contribution in [0.1, 0.15) is 10.4 Å². The number of nitrogens with zero attached hydrogens (tertiary/aromatic N) is 2. The molecule has 1 aliphatic heterocycles. The number of pyridine rings is 1. The molecule has 0 radical (unpaired) electrons. The number of primary amides is 1. The van der Waals surface area contributed by atoms with Crippen LogP contribution in [0.25, 0.3) is 0 Å². The van der Waals surface area contributed by atoms with Gasteiger partial charge in [-0.05, 0) is 6.07 Å². The molecule has 0 spiro atoms. The van der Waals surface area contributed by atoms with Crippen LogP contribution in [0.4, 0.5) is 0 Å². The van der Waals surface area contributed by atoms with Crippen molar-refractivity contribution < 1.29 is 18.9 Å². The summed E-state index contributed by atoms with van der Waals surface area (Å²) in [6.45, 7) is 2.61. The highest BCUT2D eigenvalue weighted by Crippen LogP contribution is 1.98. The van der Waals surface area contributed by atoms with E-state index in [1.54, 1.807) is 34.0 Å². The molecule has 2 N–H and O–H groups in total. The Kier molecular flexibility index (Phi) is 3.88. The van der Waals surface area contributed by atoms with E-state index in [4.69, 9.17) is 10.5 Å². The molecule has 0 bridgehead atoms. The van der Waals surface area contributed by atoms with Crippen molar-refractivity contribution in [2.45, 2.75) is 6.54 Å². The standard InChI is InChI=1S/C12H15N3O3/c13-12(17)10-2-1-3-14(8-10)9-11(16)15-4-6-18-7-5-15/h1-3,8H,4-7,9H2,(H-,13,17)/p+1. The van der Waals surface area contributed by atoms with E-state index in [0.717, 1.165) is 0 Å². The molecule has 1 aliphatic rings. The van der Waals surface area contributed by atoms with E-state index in [9.17, 15) is 9.59 Å². The first kappa shape index (κ1) is 12.5. The molecule has 2 heterocycles. The van der Waals surface area contributed by atoms with Crippen molar-refractivity contribution >= 4 is 11.8 Å². The molecular weight excluding hydrogens is 234 g/mol. The van der Waals surface area contributed by atoms with E-state index in [-0.39, 0.29) is 12.5 Å². The van der Waals surface area contributed by atoms with Gasteiger partial charge in [0.15, 0.2) is 12.4 Å². The van der Waals surface area contributed by atoms with Crippen molar-refractivity contribution in [2.75, 3.05) is 26.3 Å². The predicted octanol–water partition coefficient (Wildman–Crippen LogP) is -1.07. The van der Waals surface area contributed by atoms with E-state index in [2.05, 4.69) is 0 Å². The topological polar surface area (TPSA) is 76.5 Å². The van der Waals surface area contributed by atoms with Crippen LogP contribution in [0.3, 0.4) is 0 Å². The van der Waals surface area contributed by atoms with Gasteiger partial charge in [0.2, 0.25) is 6.54 Å². The van der Waals surface area contributed by atoms with Crippen LogP contribution in [-0.4, -0.2) is 43.0 Å². The summed E-state index contributed by atoms with van der Waals surface area (Å²) < 4.78 is 6.85. The maximum Gasteiger partial charge on any atom is 0.288 e. The SMILES string of the molecule is NC(=O)c1ccc[n+](CC(=O)N2CCOCC2)c1. The zero-order chi connectivity index (χ0) is 13.0. The van der Waals surface area contributed by atoms with Gasteiger partial charge in [-0.15, -0.1) is 0 Å². The monoisotopic (exact) mass is 250 g/mol. The van der Waals surface area contributed by atoms with E-state index >= 15 is 0 Å². The first-order chi connectivity index (χ1) is 8.66. The van der Waals surface area contributed by atoms with Crippen molar-refractivity contribution in [2.24, 2.45) is 5.73 Å². The zero-order valence-corrected chi connectivity index (χ0v) is 10.0. The molecule has 96 valence electrons. The molecule has 0 aromatic carbocycles. The third kappa shape index (κ3) is 3.04. The lowest BCUT2D eigenvalue weighted by atomic mass is 10.2. The normalized spacial score (nSPS) is 15.4.